The van der Waals surface area contributed by atoms with Crippen LogP contribution in [0.5, 0.6) is 0 Å². The van der Waals surface area contributed by atoms with Gasteiger partial charge in [-0.1, -0.05) is 6.92 Å². The second-order valence-corrected chi connectivity index (χ2v) is 10.4. The predicted molar refractivity (Wildman–Crippen MR) is 136 cm³/mol. The van der Waals surface area contributed by atoms with E-state index in [9.17, 15) is 44.3 Å². The van der Waals surface area contributed by atoms with E-state index in [1.807, 2.05) is 0 Å². The first-order chi connectivity index (χ1) is 20.3. The molecule has 1 aromatic carbocycles. The van der Waals surface area contributed by atoms with E-state index in [2.05, 4.69) is 15.1 Å². The number of aryl methyl sites for hydroxylation is 1. The SMILES string of the molecule is CC[C@@H]1C[C@H](N(Cc2cc(C(F)(F)F)cc(C(F)(F)F)c2)c2noc(C)n2)c2nc(C(F)(F)F)ccc2N1C(=O)OC(C)C. The van der Waals surface area contributed by atoms with Crippen molar-refractivity contribution in [3.63, 3.8) is 0 Å². The van der Waals surface area contributed by atoms with Crippen LogP contribution in [-0.2, 0) is 29.8 Å². The number of anilines is 2. The molecule has 1 aliphatic heterocycles. The Morgan fingerprint density at radius 1 is 1.00 bits per heavy atom. The molecule has 0 N–H and O–H groups in total. The van der Waals surface area contributed by atoms with Crippen molar-refractivity contribution < 1.29 is 53.6 Å². The van der Waals surface area contributed by atoms with Gasteiger partial charge in [0.15, 0.2) is 0 Å². The number of hydrogen-bond donors (Lipinski definition) is 0. The van der Waals surface area contributed by atoms with Gasteiger partial charge in [0, 0.05) is 19.5 Å². The van der Waals surface area contributed by atoms with Crippen molar-refractivity contribution in [3.05, 3.63) is 64.3 Å². The third-order valence-corrected chi connectivity index (χ3v) is 6.78. The van der Waals surface area contributed by atoms with Crippen molar-refractivity contribution in [1.29, 1.82) is 0 Å². The van der Waals surface area contributed by atoms with Crippen LogP contribution in [0, 0.1) is 6.92 Å². The number of carbonyl (C=O) groups excluding carboxylic acids is 1. The summed E-state index contributed by atoms with van der Waals surface area (Å²) in [5.41, 5.74) is -5.41. The number of halogens is 9. The fourth-order valence-electron chi connectivity index (χ4n) is 4.91. The first-order valence-electron chi connectivity index (χ1n) is 13.2. The first-order valence-corrected chi connectivity index (χ1v) is 13.2. The van der Waals surface area contributed by atoms with E-state index in [0.29, 0.717) is 18.2 Å². The smallest absolute Gasteiger partial charge is 0.433 e. The van der Waals surface area contributed by atoms with Gasteiger partial charge in [0.25, 0.3) is 5.95 Å². The molecule has 240 valence electrons. The van der Waals surface area contributed by atoms with Crippen LogP contribution in [0.2, 0.25) is 0 Å². The molecule has 1 aliphatic rings. The molecule has 0 saturated heterocycles. The molecule has 2 aromatic heterocycles. The zero-order valence-corrected chi connectivity index (χ0v) is 23.6. The van der Waals surface area contributed by atoms with Crippen LogP contribution in [0.3, 0.4) is 0 Å². The van der Waals surface area contributed by atoms with E-state index < -0.39 is 71.7 Å². The van der Waals surface area contributed by atoms with Crippen LogP contribution in [0.15, 0.2) is 34.9 Å². The molecule has 0 bridgehead atoms. The number of amides is 1. The van der Waals surface area contributed by atoms with Gasteiger partial charge in [0.05, 0.1) is 34.7 Å². The number of rotatable bonds is 6. The predicted octanol–water partition coefficient (Wildman–Crippen LogP) is 8.11. The van der Waals surface area contributed by atoms with E-state index in [-0.39, 0.29) is 42.1 Å². The second kappa shape index (κ2) is 11.8. The van der Waals surface area contributed by atoms with Crippen LogP contribution in [0.4, 0.5) is 55.9 Å². The lowest BCUT2D eigenvalue weighted by molar-refractivity contribution is -0.143. The molecule has 3 heterocycles. The fourth-order valence-corrected chi connectivity index (χ4v) is 4.91. The lowest BCUT2D eigenvalue weighted by Gasteiger charge is -2.43. The normalized spacial score (nSPS) is 17.5. The summed E-state index contributed by atoms with van der Waals surface area (Å²) in [7, 11) is 0. The van der Waals surface area contributed by atoms with Gasteiger partial charge in [-0.25, -0.2) is 9.78 Å². The molecule has 3 aromatic rings. The average Bonchev–Trinajstić information content (AvgIpc) is 3.34. The Labute approximate surface area is 244 Å². The quantitative estimate of drug-likeness (QED) is 0.252. The molecule has 0 spiro atoms. The number of carbonyl (C=O) groups is 1. The molecule has 0 aliphatic carbocycles. The highest BCUT2D eigenvalue weighted by Crippen LogP contribution is 2.45. The maximum atomic E-state index is 13.8. The number of aromatic nitrogens is 3. The molecule has 4 rings (SSSR count). The summed E-state index contributed by atoms with van der Waals surface area (Å²) in [5.74, 6) is -0.357. The number of ether oxygens (including phenoxy) is 1. The topological polar surface area (TPSA) is 84.6 Å². The summed E-state index contributed by atoms with van der Waals surface area (Å²) >= 11 is 0. The Hall–Kier alpha value is -4.05. The summed E-state index contributed by atoms with van der Waals surface area (Å²) in [6.45, 7) is 5.48. The van der Waals surface area contributed by atoms with Crippen LogP contribution < -0.4 is 9.80 Å². The Morgan fingerprint density at radius 2 is 1.61 bits per heavy atom. The lowest BCUT2D eigenvalue weighted by atomic mass is 9.91. The van der Waals surface area contributed by atoms with Crippen molar-refractivity contribution in [2.45, 2.75) is 83.8 Å². The number of nitrogens with zero attached hydrogens (tertiary/aromatic N) is 5. The molecular formula is C27H26F9N5O3. The number of alkyl halides is 9. The Balaban J connectivity index is 1.93. The van der Waals surface area contributed by atoms with Crippen molar-refractivity contribution in [3.8, 4) is 0 Å². The monoisotopic (exact) mass is 639 g/mol. The minimum absolute atomic E-state index is 0.0350. The van der Waals surface area contributed by atoms with E-state index in [1.54, 1.807) is 20.8 Å². The maximum Gasteiger partial charge on any atom is 0.433 e. The summed E-state index contributed by atoms with van der Waals surface area (Å²) in [4.78, 5) is 23.2. The fraction of sp³-hybridized carbons (Fsp3) is 0.481. The maximum absolute atomic E-state index is 13.8. The summed E-state index contributed by atoms with van der Waals surface area (Å²) < 4.78 is 134. The molecule has 1 amide bonds. The summed E-state index contributed by atoms with van der Waals surface area (Å²) in [5, 5.41) is 3.76. The Morgan fingerprint density at radius 3 is 2.09 bits per heavy atom. The van der Waals surface area contributed by atoms with Gasteiger partial charge in [-0.2, -0.15) is 44.5 Å². The highest BCUT2D eigenvalue weighted by Gasteiger charge is 2.44. The zero-order chi connectivity index (χ0) is 32.8. The van der Waals surface area contributed by atoms with Gasteiger partial charge in [-0.15, -0.1) is 0 Å². The van der Waals surface area contributed by atoms with Gasteiger partial charge < -0.3 is 14.2 Å². The van der Waals surface area contributed by atoms with E-state index >= 15 is 0 Å². The molecule has 2 atom stereocenters. The highest BCUT2D eigenvalue weighted by molar-refractivity contribution is 5.90. The van der Waals surface area contributed by atoms with Gasteiger partial charge >= 0.3 is 24.6 Å². The minimum atomic E-state index is -5.14. The molecule has 44 heavy (non-hydrogen) atoms. The van der Waals surface area contributed by atoms with Crippen molar-refractivity contribution in [2.75, 3.05) is 9.80 Å². The van der Waals surface area contributed by atoms with Gasteiger partial charge in [0.1, 0.15) is 5.69 Å². The second-order valence-electron chi connectivity index (χ2n) is 10.4. The number of pyridine rings is 1. The van der Waals surface area contributed by atoms with E-state index in [1.165, 1.54) is 6.92 Å². The third kappa shape index (κ3) is 7.01. The zero-order valence-electron chi connectivity index (χ0n) is 23.6. The van der Waals surface area contributed by atoms with Crippen molar-refractivity contribution in [2.24, 2.45) is 0 Å². The largest absolute Gasteiger partial charge is 0.446 e. The molecule has 0 saturated carbocycles. The van der Waals surface area contributed by atoms with Crippen LogP contribution in [0.25, 0.3) is 0 Å². The minimum Gasteiger partial charge on any atom is -0.446 e. The molecule has 0 radical (unpaired) electrons. The van der Waals surface area contributed by atoms with Crippen LogP contribution in [-0.4, -0.2) is 33.4 Å². The highest BCUT2D eigenvalue weighted by atomic mass is 19.4. The van der Waals surface area contributed by atoms with Crippen molar-refractivity contribution >= 4 is 17.7 Å². The standard InChI is InChI=1S/C27H26F9N5O3/c1-5-18-11-20(22-19(41(18)24(42)43-13(2)3)6-7-21(38-22)27(34,35)36)40(23-37-14(4)44-39-23)12-15-8-16(25(28,29)30)10-17(9-15)26(31,32)33/h6-10,13,18,20H,5,11-12H2,1-4H3/t18-,20+/m1/s1. The molecule has 17 heteroatoms. The van der Waals surface area contributed by atoms with E-state index in [4.69, 9.17) is 9.26 Å². The molecule has 8 nitrogen and oxygen atoms in total. The van der Waals surface area contributed by atoms with Gasteiger partial charge in [-0.3, -0.25) is 4.90 Å². The summed E-state index contributed by atoms with van der Waals surface area (Å²) in [6.07, 6.45) is -16.6. The number of hydrogen-bond acceptors (Lipinski definition) is 7. The molecule has 0 fully saturated rings. The van der Waals surface area contributed by atoms with Gasteiger partial charge in [0.2, 0.25) is 5.89 Å². The number of benzene rings is 1. The summed E-state index contributed by atoms with van der Waals surface area (Å²) in [6, 6.07) is 0.651. The Bertz CT molecular complexity index is 1470. The average molecular weight is 640 g/mol. The Kier molecular flexibility index (Phi) is 8.81. The van der Waals surface area contributed by atoms with Crippen LogP contribution >= 0.6 is 0 Å². The lowest BCUT2D eigenvalue weighted by Crippen LogP contribution is -2.49. The van der Waals surface area contributed by atoms with Crippen LogP contribution in [0.1, 0.15) is 73.6 Å². The molecular weight excluding hydrogens is 613 g/mol. The van der Waals surface area contributed by atoms with Gasteiger partial charge in [-0.05, 0) is 67.7 Å². The van der Waals surface area contributed by atoms with Crippen molar-refractivity contribution in [1.82, 2.24) is 15.1 Å². The first kappa shape index (κ1) is 32.9. The third-order valence-electron chi connectivity index (χ3n) is 6.78. The number of fused-ring (bicyclic) bond motifs is 1. The molecule has 0 unspecified atom stereocenters. The van der Waals surface area contributed by atoms with E-state index in [0.717, 1.165) is 15.9 Å².